The smallest absolute Gasteiger partial charge is 0.260 e. The molecule has 112 valence electrons. The summed E-state index contributed by atoms with van der Waals surface area (Å²) >= 11 is 0. The van der Waals surface area contributed by atoms with Gasteiger partial charge in [0.15, 0.2) is 5.03 Å². The molecule has 1 heterocycles. The van der Waals surface area contributed by atoms with E-state index in [9.17, 15) is 8.42 Å². The molecule has 3 rings (SSSR count). The van der Waals surface area contributed by atoms with Crippen molar-refractivity contribution in [3.05, 3.63) is 11.8 Å². The lowest BCUT2D eigenvalue weighted by molar-refractivity contribution is 0.441. The summed E-state index contributed by atoms with van der Waals surface area (Å²) in [7, 11) is -1.80. The average Bonchev–Trinajstić information content (AvgIpc) is 3.29. The Morgan fingerprint density at radius 2 is 2.20 bits per heavy atom. The van der Waals surface area contributed by atoms with Crippen LogP contribution in [0.1, 0.15) is 31.7 Å². The van der Waals surface area contributed by atoms with Crippen LogP contribution in [0.5, 0.6) is 0 Å². The normalized spacial score (nSPS) is 26.1. The van der Waals surface area contributed by atoms with Gasteiger partial charge >= 0.3 is 0 Å². The highest BCUT2D eigenvalue weighted by Crippen LogP contribution is 2.38. The van der Waals surface area contributed by atoms with E-state index in [2.05, 4.69) is 22.4 Å². The van der Waals surface area contributed by atoms with Gasteiger partial charge in [0.1, 0.15) is 0 Å². The molecule has 0 bridgehead atoms. The van der Waals surface area contributed by atoms with Gasteiger partial charge < -0.3 is 5.32 Å². The Labute approximate surface area is 120 Å². The molecule has 0 amide bonds. The van der Waals surface area contributed by atoms with Gasteiger partial charge in [-0.05, 0) is 31.1 Å². The summed E-state index contributed by atoms with van der Waals surface area (Å²) in [5, 5.41) is 10.1. The maximum atomic E-state index is 12.6. The van der Waals surface area contributed by atoms with Crippen LogP contribution in [-0.4, -0.2) is 42.6 Å². The van der Waals surface area contributed by atoms with Crippen LogP contribution in [0.4, 0.5) is 0 Å². The van der Waals surface area contributed by atoms with Crippen molar-refractivity contribution in [2.45, 2.75) is 43.8 Å². The molecule has 0 aliphatic heterocycles. The van der Waals surface area contributed by atoms with Crippen LogP contribution in [0.3, 0.4) is 0 Å². The van der Waals surface area contributed by atoms with E-state index in [1.54, 1.807) is 13.2 Å². The molecular formula is C13H22N4O2S. The second-order valence-corrected chi connectivity index (χ2v) is 8.12. The van der Waals surface area contributed by atoms with Gasteiger partial charge in [-0.25, -0.2) is 8.42 Å². The van der Waals surface area contributed by atoms with Gasteiger partial charge in [-0.15, -0.1) is 0 Å². The van der Waals surface area contributed by atoms with Gasteiger partial charge in [-0.3, -0.25) is 5.10 Å². The zero-order valence-electron chi connectivity index (χ0n) is 12.0. The first-order valence-electron chi connectivity index (χ1n) is 7.20. The fourth-order valence-corrected chi connectivity index (χ4v) is 3.75. The molecule has 0 aromatic carbocycles. The SMILES string of the molecule is CC1CC1CN(C)S(=O)(=O)c1[nH]ncc1CNC1CC1. The molecule has 20 heavy (non-hydrogen) atoms. The lowest BCUT2D eigenvalue weighted by Gasteiger charge is -2.17. The quantitative estimate of drug-likeness (QED) is 0.785. The second kappa shape index (κ2) is 5.13. The summed E-state index contributed by atoms with van der Waals surface area (Å²) in [4.78, 5) is 0. The largest absolute Gasteiger partial charge is 0.310 e. The minimum atomic E-state index is -3.46. The first kappa shape index (κ1) is 14.0. The Morgan fingerprint density at radius 1 is 1.50 bits per heavy atom. The number of H-pyrrole nitrogens is 1. The van der Waals surface area contributed by atoms with E-state index >= 15 is 0 Å². The topological polar surface area (TPSA) is 78.1 Å². The van der Waals surface area contributed by atoms with Crippen molar-refractivity contribution in [2.75, 3.05) is 13.6 Å². The van der Waals surface area contributed by atoms with Gasteiger partial charge in [-0.2, -0.15) is 9.40 Å². The maximum absolute atomic E-state index is 12.6. The van der Waals surface area contributed by atoms with E-state index in [4.69, 9.17) is 0 Å². The number of rotatable bonds is 7. The fraction of sp³-hybridized carbons (Fsp3) is 0.769. The Balaban J connectivity index is 1.70. The van der Waals surface area contributed by atoms with E-state index < -0.39 is 10.0 Å². The third kappa shape index (κ3) is 2.89. The second-order valence-electron chi connectivity index (χ2n) is 6.14. The molecule has 2 fully saturated rings. The van der Waals surface area contributed by atoms with Crippen LogP contribution in [0.2, 0.25) is 0 Å². The summed E-state index contributed by atoms with van der Waals surface area (Å²) in [6.07, 6.45) is 5.09. The molecule has 1 aromatic heterocycles. The highest BCUT2D eigenvalue weighted by Gasteiger charge is 2.37. The Bertz CT molecular complexity index is 579. The van der Waals surface area contributed by atoms with E-state index in [1.165, 1.54) is 17.1 Å². The van der Waals surface area contributed by atoms with Gasteiger partial charge in [0.25, 0.3) is 10.0 Å². The van der Waals surface area contributed by atoms with Gasteiger partial charge in [0, 0.05) is 31.7 Å². The number of aromatic nitrogens is 2. The number of nitrogens with zero attached hydrogens (tertiary/aromatic N) is 2. The van der Waals surface area contributed by atoms with Crippen molar-refractivity contribution < 1.29 is 8.42 Å². The monoisotopic (exact) mass is 298 g/mol. The lowest BCUT2D eigenvalue weighted by Crippen LogP contribution is -2.30. The molecule has 0 saturated heterocycles. The minimum absolute atomic E-state index is 0.237. The molecular weight excluding hydrogens is 276 g/mol. The molecule has 2 atom stereocenters. The Kier molecular flexibility index (Phi) is 3.60. The van der Waals surface area contributed by atoms with Crippen LogP contribution in [0.25, 0.3) is 0 Å². The van der Waals surface area contributed by atoms with Crippen LogP contribution < -0.4 is 5.32 Å². The van der Waals surface area contributed by atoms with E-state index in [-0.39, 0.29) is 5.03 Å². The number of hydrogen-bond acceptors (Lipinski definition) is 4. The van der Waals surface area contributed by atoms with E-state index in [1.807, 2.05) is 0 Å². The van der Waals surface area contributed by atoms with Crippen LogP contribution in [-0.2, 0) is 16.6 Å². The first-order valence-corrected chi connectivity index (χ1v) is 8.64. The van der Waals surface area contributed by atoms with Gasteiger partial charge in [0.2, 0.25) is 0 Å². The molecule has 0 radical (unpaired) electrons. The van der Waals surface area contributed by atoms with Crippen molar-refractivity contribution in [1.29, 1.82) is 0 Å². The number of nitrogens with one attached hydrogen (secondary N) is 2. The van der Waals surface area contributed by atoms with E-state index in [0.717, 1.165) is 12.0 Å². The zero-order chi connectivity index (χ0) is 14.3. The van der Waals surface area contributed by atoms with Crippen molar-refractivity contribution in [1.82, 2.24) is 19.8 Å². The summed E-state index contributed by atoms with van der Waals surface area (Å²) in [6.45, 7) is 3.31. The minimum Gasteiger partial charge on any atom is -0.310 e. The van der Waals surface area contributed by atoms with Crippen molar-refractivity contribution >= 4 is 10.0 Å². The summed E-state index contributed by atoms with van der Waals surface area (Å²) in [6, 6.07) is 0.547. The molecule has 2 unspecified atom stereocenters. The average molecular weight is 298 g/mol. The Hall–Kier alpha value is -0.920. The summed E-state index contributed by atoms with van der Waals surface area (Å²) in [5.74, 6) is 1.15. The number of sulfonamides is 1. The molecule has 2 aliphatic rings. The van der Waals surface area contributed by atoms with Crippen LogP contribution in [0, 0.1) is 11.8 Å². The predicted molar refractivity (Wildman–Crippen MR) is 75.5 cm³/mol. The first-order chi connectivity index (χ1) is 9.48. The maximum Gasteiger partial charge on any atom is 0.260 e. The number of hydrogen-bond donors (Lipinski definition) is 2. The predicted octanol–water partition coefficient (Wildman–Crippen LogP) is 0.938. The third-order valence-corrected chi connectivity index (χ3v) is 6.11. The third-order valence-electron chi connectivity index (χ3n) is 4.27. The van der Waals surface area contributed by atoms with Gasteiger partial charge in [0.05, 0.1) is 6.20 Å². The molecule has 2 N–H and O–H groups in total. The number of aromatic amines is 1. The summed E-state index contributed by atoms with van der Waals surface area (Å²) in [5.41, 5.74) is 0.729. The highest BCUT2D eigenvalue weighted by atomic mass is 32.2. The molecule has 6 nitrogen and oxygen atoms in total. The molecule has 7 heteroatoms. The molecule has 2 saturated carbocycles. The fourth-order valence-electron chi connectivity index (χ4n) is 2.43. The standard InChI is InChI=1S/C13H22N4O2S/c1-9-5-10(9)8-17(2)20(18,19)13-11(7-15-16-13)6-14-12-3-4-12/h7,9-10,12,14H,3-6,8H2,1-2H3,(H,15,16). The van der Waals surface area contributed by atoms with Gasteiger partial charge in [-0.1, -0.05) is 6.92 Å². The zero-order valence-corrected chi connectivity index (χ0v) is 12.8. The highest BCUT2D eigenvalue weighted by molar-refractivity contribution is 7.89. The summed E-state index contributed by atoms with van der Waals surface area (Å²) < 4.78 is 26.6. The molecule has 2 aliphatic carbocycles. The van der Waals surface area contributed by atoms with Crippen molar-refractivity contribution in [3.8, 4) is 0 Å². The van der Waals surface area contributed by atoms with Crippen molar-refractivity contribution in [3.63, 3.8) is 0 Å². The lowest BCUT2D eigenvalue weighted by atomic mass is 10.3. The van der Waals surface area contributed by atoms with E-state index in [0.29, 0.717) is 31.0 Å². The molecule has 0 spiro atoms. The Morgan fingerprint density at radius 3 is 2.80 bits per heavy atom. The molecule has 1 aromatic rings. The van der Waals surface area contributed by atoms with Crippen molar-refractivity contribution in [2.24, 2.45) is 11.8 Å². The van der Waals surface area contributed by atoms with Crippen LogP contribution >= 0.6 is 0 Å². The van der Waals surface area contributed by atoms with Crippen LogP contribution in [0.15, 0.2) is 11.2 Å².